The first-order valence-electron chi connectivity index (χ1n) is 15.7. The van der Waals surface area contributed by atoms with Crippen LogP contribution in [0.4, 0.5) is 0 Å². The third-order valence-corrected chi connectivity index (χ3v) is 8.90. The van der Waals surface area contributed by atoms with E-state index >= 15 is 0 Å². The van der Waals surface area contributed by atoms with Crippen LogP contribution in [0, 0.1) is 0 Å². The zero-order chi connectivity index (χ0) is 31.9. The van der Waals surface area contributed by atoms with E-state index in [4.69, 9.17) is 21.1 Å². The van der Waals surface area contributed by atoms with E-state index in [9.17, 15) is 14.7 Å². The molecule has 1 amide bonds. The number of carboxylic acids is 1. The Hall–Kier alpha value is -4.11. The number of aryl methyl sites for hydroxylation is 1. The summed E-state index contributed by atoms with van der Waals surface area (Å²) in [4.78, 5) is 27.5. The Morgan fingerprint density at radius 2 is 1.87 bits per heavy atom. The van der Waals surface area contributed by atoms with Gasteiger partial charge in [0.25, 0.3) is 5.91 Å². The highest BCUT2D eigenvalue weighted by atomic mass is 35.5. The van der Waals surface area contributed by atoms with Crippen LogP contribution < -0.4 is 9.47 Å². The van der Waals surface area contributed by atoms with Gasteiger partial charge in [-0.2, -0.15) is 0 Å². The van der Waals surface area contributed by atoms with Crippen molar-refractivity contribution in [2.75, 3.05) is 20.3 Å². The summed E-state index contributed by atoms with van der Waals surface area (Å²) in [5.74, 6) is -0.226. The van der Waals surface area contributed by atoms with Crippen LogP contribution in [-0.2, 0) is 24.8 Å². The molecule has 0 spiro atoms. The molecule has 0 unspecified atom stereocenters. The lowest BCUT2D eigenvalue weighted by molar-refractivity contribution is -0.137. The van der Waals surface area contributed by atoms with E-state index in [0.29, 0.717) is 53.7 Å². The maximum atomic E-state index is 13.6. The lowest BCUT2D eigenvalue weighted by atomic mass is 9.82. The molecule has 1 aliphatic rings. The van der Waals surface area contributed by atoms with E-state index in [1.807, 2.05) is 36.4 Å². The molecular weight excluding hydrogens is 592 g/mol. The number of methoxy groups -OCH3 is 1. The molecule has 0 aliphatic carbocycles. The summed E-state index contributed by atoms with van der Waals surface area (Å²) >= 11 is 6.59. The molecule has 1 aromatic heterocycles. The molecule has 0 bridgehead atoms. The van der Waals surface area contributed by atoms with Crippen LogP contribution in [0.25, 0.3) is 11.0 Å². The van der Waals surface area contributed by atoms with Gasteiger partial charge < -0.3 is 19.5 Å². The fourth-order valence-corrected chi connectivity index (χ4v) is 6.51. The first-order valence-corrected chi connectivity index (χ1v) is 16.1. The molecule has 0 saturated carbocycles. The standard InChI is InChI=1S/C35H41ClN4O5/c1-4-5-6-7-8-9-17-45-25-13-14-28(30(36)20-25)35(43)40-16-15-26-23(22-40)11-10-12-27(26)29(21-33(41)42)24-18-31-34(32(19-24)44-3)39(2)38-37-31/h10-14,18-20,29H,4-9,15-17,21-22H2,1-3H3,(H,41,42)/t29-/m1/s1. The minimum atomic E-state index is -0.905. The second kappa shape index (κ2) is 14.8. The number of hydrogen-bond acceptors (Lipinski definition) is 6. The number of aliphatic carboxylic acids is 1. The molecule has 9 nitrogen and oxygen atoms in total. The highest BCUT2D eigenvalue weighted by molar-refractivity contribution is 6.34. The predicted molar refractivity (Wildman–Crippen MR) is 174 cm³/mol. The molecule has 45 heavy (non-hydrogen) atoms. The average Bonchev–Trinajstić information content (AvgIpc) is 3.42. The van der Waals surface area contributed by atoms with Crippen molar-refractivity contribution < 1.29 is 24.2 Å². The largest absolute Gasteiger partial charge is 0.494 e. The molecule has 1 N–H and O–H groups in total. The second-order valence-corrected chi connectivity index (χ2v) is 12.1. The number of carbonyl (C=O) groups excluding carboxylic acids is 1. The SMILES string of the molecule is CCCCCCCCOc1ccc(C(=O)N2CCc3c(cccc3[C@H](CC(=O)O)c3cc(OC)c4c(c3)nnn4C)C2)c(Cl)c1. The number of unbranched alkanes of at least 4 members (excludes halogenated alkanes) is 5. The number of benzene rings is 3. The summed E-state index contributed by atoms with van der Waals surface area (Å²) in [6.45, 7) is 3.73. The van der Waals surface area contributed by atoms with Crippen molar-refractivity contribution in [3.8, 4) is 11.5 Å². The molecule has 5 rings (SSSR count). The van der Waals surface area contributed by atoms with Gasteiger partial charge in [0, 0.05) is 26.1 Å². The normalized spacial score (nSPS) is 13.5. The molecular formula is C35H41ClN4O5. The van der Waals surface area contributed by atoms with E-state index in [0.717, 1.165) is 40.6 Å². The quantitative estimate of drug-likeness (QED) is 0.147. The Morgan fingerprint density at radius 1 is 1.07 bits per heavy atom. The van der Waals surface area contributed by atoms with Crippen molar-refractivity contribution >= 4 is 34.5 Å². The van der Waals surface area contributed by atoms with Crippen LogP contribution in [0.5, 0.6) is 11.5 Å². The van der Waals surface area contributed by atoms with Gasteiger partial charge in [-0.25, -0.2) is 4.68 Å². The van der Waals surface area contributed by atoms with Gasteiger partial charge in [-0.05, 0) is 65.4 Å². The second-order valence-electron chi connectivity index (χ2n) is 11.7. The number of hydrogen-bond donors (Lipinski definition) is 1. The molecule has 0 radical (unpaired) electrons. The van der Waals surface area contributed by atoms with Gasteiger partial charge in [0.15, 0.2) is 0 Å². The van der Waals surface area contributed by atoms with Gasteiger partial charge in [0.05, 0.1) is 30.7 Å². The fourth-order valence-electron chi connectivity index (χ4n) is 6.25. The number of rotatable bonds is 14. The lowest BCUT2D eigenvalue weighted by Crippen LogP contribution is -2.36. The number of ether oxygens (including phenoxy) is 2. The Morgan fingerprint density at radius 3 is 2.62 bits per heavy atom. The number of aromatic nitrogens is 3. The van der Waals surface area contributed by atoms with E-state index in [-0.39, 0.29) is 12.3 Å². The van der Waals surface area contributed by atoms with Crippen molar-refractivity contribution in [1.82, 2.24) is 19.9 Å². The summed E-state index contributed by atoms with van der Waals surface area (Å²) in [5, 5.41) is 18.6. The highest BCUT2D eigenvalue weighted by Crippen LogP contribution is 2.38. The topological polar surface area (TPSA) is 107 Å². The zero-order valence-electron chi connectivity index (χ0n) is 26.2. The van der Waals surface area contributed by atoms with Crippen LogP contribution in [0.2, 0.25) is 5.02 Å². The van der Waals surface area contributed by atoms with E-state index < -0.39 is 11.9 Å². The van der Waals surface area contributed by atoms with Gasteiger partial charge in [0.2, 0.25) is 0 Å². The molecule has 3 aromatic carbocycles. The maximum Gasteiger partial charge on any atom is 0.304 e. The monoisotopic (exact) mass is 632 g/mol. The van der Waals surface area contributed by atoms with Crippen molar-refractivity contribution in [2.24, 2.45) is 7.05 Å². The Bertz CT molecular complexity index is 1670. The van der Waals surface area contributed by atoms with Crippen molar-refractivity contribution in [2.45, 2.75) is 70.8 Å². The van der Waals surface area contributed by atoms with Gasteiger partial charge in [-0.3, -0.25) is 9.59 Å². The Labute approximate surface area is 269 Å². The van der Waals surface area contributed by atoms with Crippen molar-refractivity contribution in [3.05, 3.63) is 81.4 Å². The van der Waals surface area contributed by atoms with Crippen LogP contribution in [0.15, 0.2) is 48.5 Å². The van der Waals surface area contributed by atoms with Gasteiger partial charge in [-0.1, -0.05) is 74.0 Å². The number of halogens is 1. The van der Waals surface area contributed by atoms with E-state index in [2.05, 4.69) is 17.2 Å². The minimum absolute atomic E-state index is 0.100. The number of carbonyl (C=O) groups is 2. The summed E-state index contributed by atoms with van der Waals surface area (Å²) in [6.07, 6.45) is 7.62. The van der Waals surface area contributed by atoms with Gasteiger partial charge in [-0.15, -0.1) is 5.10 Å². The first-order chi connectivity index (χ1) is 21.8. The molecule has 4 aromatic rings. The summed E-state index contributed by atoms with van der Waals surface area (Å²) in [6, 6.07) is 15.0. The molecule has 238 valence electrons. The zero-order valence-corrected chi connectivity index (χ0v) is 27.0. The fraction of sp³-hybridized carbons (Fsp3) is 0.429. The Kier molecular flexibility index (Phi) is 10.6. The smallest absolute Gasteiger partial charge is 0.304 e. The molecule has 0 saturated heterocycles. The van der Waals surface area contributed by atoms with Crippen molar-refractivity contribution in [1.29, 1.82) is 0 Å². The summed E-state index contributed by atoms with van der Waals surface area (Å²) in [7, 11) is 3.37. The lowest BCUT2D eigenvalue weighted by Gasteiger charge is -2.32. The molecule has 1 atom stereocenters. The number of amides is 1. The summed E-state index contributed by atoms with van der Waals surface area (Å²) in [5.41, 5.74) is 5.60. The van der Waals surface area contributed by atoms with Crippen LogP contribution >= 0.6 is 11.6 Å². The molecule has 0 fully saturated rings. The van der Waals surface area contributed by atoms with Crippen LogP contribution in [0.3, 0.4) is 0 Å². The molecule has 2 heterocycles. The van der Waals surface area contributed by atoms with Gasteiger partial charge in [0.1, 0.15) is 22.5 Å². The highest BCUT2D eigenvalue weighted by Gasteiger charge is 2.29. The van der Waals surface area contributed by atoms with E-state index in [1.165, 1.54) is 25.7 Å². The molecule has 10 heteroatoms. The number of carboxylic acid groups (broad SMARTS) is 1. The minimum Gasteiger partial charge on any atom is -0.494 e. The number of fused-ring (bicyclic) bond motifs is 2. The average molecular weight is 633 g/mol. The van der Waals surface area contributed by atoms with E-state index in [1.54, 1.807) is 35.9 Å². The van der Waals surface area contributed by atoms with Crippen LogP contribution in [-0.4, -0.2) is 57.1 Å². The van der Waals surface area contributed by atoms with Crippen molar-refractivity contribution in [3.63, 3.8) is 0 Å². The Balaban J connectivity index is 1.32. The van der Waals surface area contributed by atoms with Gasteiger partial charge >= 0.3 is 5.97 Å². The first kappa shape index (κ1) is 32.3. The van der Waals surface area contributed by atoms with Crippen LogP contribution in [0.1, 0.15) is 90.4 Å². The maximum absolute atomic E-state index is 13.6. The third-order valence-electron chi connectivity index (χ3n) is 8.59. The third kappa shape index (κ3) is 7.41. The molecule has 1 aliphatic heterocycles. The number of nitrogens with zero attached hydrogens (tertiary/aromatic N) is 4. The summed E-state index contributed by atoms with van der Waals surface area (Å²) < 4.78 is 13.2. The predicted octanol–water partition coefficient (Wildman–Crippen LogP) is 7.17.